The van der Waals surface area contributed by atoms with Gasteiger partial charge >= 0.3 is 0 Å². The van der Waals surface area contributed by atoms with Crippen molar-refractivity contribution in [1.82, 2.24) is 15.0 Å². The average molecular weight is 358 g/mol. The fourth-order valence-corrected chi connectivity index (χ4v) is 2.72. The smallest absolute Gasteiger partial charge is 0.227 e. The van der Waals surface area contributed by atoms with Gasteiger partial charge in [-0.25, -0.2) is 14.4 Å². The van der Waals surface area contributed by atoms with Crippen molar-refractivity contribution in [2.45, 2.75) is 6.61 Å². The van der Waals surface area contributed by atoms with Gasteiger partial charge in [-0.15, -0.1) is 0 Å². The van der Waals surface area contributed by atoms with Gasteiger partial charge in [0.05, 0.1) is 5.52 Å². The Balaban J connectivity index is 1.59. The Hall–Kier alpha value is -3.48. The number of fused-ring (bicyclic) bond motifs is 1. The molecule has 2 heterocycles. The van der Waals surface area contributed by atoms with Crippen molar-refractivity contribution in [3.63, 3.8) is 0 Å². The fourth-order valence-electron chi connectivity index (χ4n) is 2.72. The Labute approximate surface area is 156 Å². The van der Waals surface area contributed by atoms with Gasteiger partial charge in [-0.1, -0.05) is 12.1 Å². The number of aromatic nitrogens is 3. The number of pyridine rings is 1. The molecule has 0 saturated carbocycles. The quantitative estimate of drug-likeness (QED) is 0.556. The van der Waals surface area contributed by atoms with Gasteiger partial charge in [-0.3, -0.25) is 4.98 Å². The van der Waals surface area contributed by atoms with E-state index >= 15 is 0 Å². The Kier molecular flexibility index (Phi) is 4.66. The van der Waals surface area contributed by atoms with Crippen molar-refractivity contribution in [2.75, 3.05) is 5.32 Å². The topological polar surface area (TPSA) is 59.9 Å². The first-order valence-electron chi connectivity index (χ1n) is 8.49. The lowest BCUT2D eigenvalue weighted by Crippen LogP contribution is -2.10. The van der Waals surface area contributed by atoms with Crippen LogP contribution in [-0.4, -0.2) is 22.8 Å². The number of hydrogen-bond donors (Lipinski definition) is 1. The standard InChI is InChI=1S/C20H16BFN4O/c21-17-8-14-11-24-20(25-16-3-1-2-15(22)9-16)26-18(14)10-19(17)27-12-13-4-6-23-7-5-13/h1-11H,12,21H2,(H,24,25,26). The molecule has 0 radical (unpaired) electrons. The molecule has 0 amide bonds. The number of nitrogens with one attached hydrogen (secondary N) is 1. The zero-order valence-corrected chi connectivity index (χ0v) is 14.7. The van der Waals surface area contributed by atoms with E-state index in [9.17, 15) is 4.39 Å². The molecule has 1 N–H and O–H groups in total. The van der Waals surface area contributed by atoms with Crippen LogP contribution in [0.1, 0.15) is 5.56 Å². The molecule has 0 fully saturated rings. The minimum atomic E-state index is -0.316. The molecule has 7 heteroatoms. The van der Waals surface area contributed by atoms with E-state index in [1.165, 1.54) is 12.1 Å². The first kappa shape index (κ1) is 17.0. The highest BCUT2D eigenvalue weighted by molar-refractivity contribution is 6.35. The van der Waals surface area contributed by atoms with Crippen molar-refractivity contribution in [3.8, 4) is 5.75 Å². The SMILES string of the molecule is Bc1cc2cnc(Nc3cccc(F)c3)nc2cc1OCc1ccncc1. The summed E-state index contributed by atoms with van der Waals surface area (Å²) in [6.45, 7) is 0.453. The van der Waals surface area contributed by atoms with Crippen molar-refractivity contribution in [1.29, 1.82) is 0 Å². The molecule has 2 aromatic heterocycles. The van der Waals surface area contributed by atoms with Gasteiger partial charge in [-0.05, 0) is 41.4 Å². The van der Waals surface area contributed by atoms with Crippen LogP contribution in [0.3, 0.4) is 0 Å². The van der Waals surface area contributed by atoms with E-state index in [2.05, 4.69) is 20.3 Å². The summed E-state index contributed by atoms with van der Waals surface area (Å²) in [5, 5.41) is 3.93. The number of ether oxygens (including phenoxy) is 1. The molecule has 0 atom stereocenters. The number of rotatable bonds is 5. The first-order valence-corrected chi connectivity index (χ1v) is 8.49. The van der Waals surface area contributed by atoms with Crippen LogP contribution in [0.25, 0.3) is 10.9 Å². The molecule has 132 valence electrons. The van der Waals surface area contributed by atoms with Gasteiger partial charge in [0.15, 0.2) is 0 Å². The molecule has 0 bridgehead atoms. The molecular weight excluding hydrogens is 342 g/mol. The highest BCUT2D eigenvalue weighted by atomic mass is 19.1. The molecule has 2 aromatic carbocycles. The maximum absolute atomic E-state index is 13.3. The number of anilines is 2. The van der Waals surface area contributed by atoms with Crippen molar-refractivity contribution < 1.29 is 9.13 Å². The molecule has 0 unspecified atom stereocenters. The molecule has 0 aliphatic heterocycles. The Bertz CT molecular complexity index is 1090. The summed E-state index contributed by atoms with van der Waals surface area (Å²) in [7, 11) is 1.99. The zero-order chi connectivity index (χ0) is 18.6. The average Bonchev–Trinajstić information content (AvgIpc) is 2.67. The zero-order valence-electron chi connectivity index (χ0n) is 14.7. The van der Waals surface area contributed by atoms with Crippen LogP contribution in [0, 0.1) is 5.82 Å². The molecule has 0 saturated heterocycles. The molecule has 0 spiro atoms. The van der Waals surface area contributed by atoms with E-state index < -0.39 is 0 Å². The Morgan fingerprint density at radius 3 is 2.74 bits per heavy atom. The van der Waals surface area contributed by atoms with Crippen molar-refractivity contribution in [2.24, 2.45) is 0 Å². The van der Waals surface area contributed by atoms with Gasteiger partial charge in [-0.2, -0.15) is 0 Å². The third-order valence-corrected chi connectivity index (χ3v) is 4.10. The van der Waals surface area contributed by atoms with Crippen LogP contribution in [0.5, 0.6) is 5.75 Å². The third-order valence-electron chi connectivity index (χ3n) is 4.10. The predicted molar refractivity (Wildman–Crippen MR) is 106 cm³/mol. The number of hydrogen-bond acceptors (Lipinski definition) is 5. The lowest BCUT2D eigenvalue weighted by atomic mass is 9.93. The van der Waals surface area contributed by atoms with Crippen molar-refractivity contribution >= 4 is 35.8 Å². The van der Waals surface area contributed by atoms with E-state index in [4.69, 9.17) is 4.74 Å². The summed E-state index contributed by atoms with van der Waals surface area (Å²) < 4.78 is 19.3. The van der Waals surface area contributed by atoms with E-state index in [1.54, 1.807) is 30.7 Å². The normalized spacial score (nSPS) is 10.7. The van der Waals surface area contributed by atoms with Gasteiger partial charge < -0.3 is 10.1 Å². The van der Waals surface area contributed by atoms with Gasteiger partial charge in [0.2, 0.25) is 5.95 Å². The molecular formula is C20H16BFN4O. The van der Waals surface area contributed by atoms with Gasteiger partial charge in [0.25, 0.3) is 0 Å². The molecule has 4 aromatic rings. The lowest BCUT2D eigenvalue weighted by molar-refractivity contribution is 0.309. The maximum atomic E-state index is 13.3. The summed E-state index contributed by atoms with van der Waals surface area (Å²) in [4.78, 5) is 12.8. The summed E-state index contributed by atoms with van der Waals surface area (Å²) in [5.41, 5.74) is 3.39. The van der Waals surface area contributed by atoms with E-state index in [-0.39, 0.29) is 5.82 Å². The van der Waals surface area contributed by atoms with E-state index in [0.717, 1.165) is 27.7 Å². The molecule has 0 aliphatic rings. The highest BCUT2D eigenvalue weighted by Crippen LogP contribution is 2.20. The van der Waals surface area contributed by atoms with Crippen LogP contribution in [0.2, 0.25) is 0 Å². The van der Waals surface area contributed by atoms with Crippen molar-refractivity contribution in [3.05, 3.63) is 78.5 Å². The second kappa shape index (κ2) is 7.41. The minimum absolute atomic E-state index is 0.316. The van der Waals surface area contributed by atoms with Crippen LogP contribution in [0.15, 0.2) is 67.1 Å². The van der Waals surface area contributed by atoms with Gasteiger partial charge in [0, 0.05) is 35.7 Å². The van der Waals surface area contributed by atoms with Crippen LogP contribution < -0.4 is 15.5 Å². The Morgan fingerprint density at radius 1 is 1.07 bits per heavy atom. The summed E-state index contributed by atoms with van der Waals surface area (Å²) >= 11 is 0. The number of nitrogens with zero attached hydrogens (tertiary/aromatic N) is 3. The maximum Gasteiger partial charge on any atom is 0.227 e. The third kappa shape index (κ3) is 4.03. The largest absolute Gasteiger partial charge is 0.489 e. The number of halogens is 1. The van der Waals surface area contributed by atoms with Gasteiger partial charge in [0.1, 0.15) is 26.0 Å². The lowest BCUT2D eigenvalue weighted by Gasteiger charge is -2.11. The summed E-state index contributed by atoms with van der Waals surface area (Å²) in [6.07, 6.45) is 5.22. The van der Waals surface area contributed by atoms with Crippen LogP contribution in [0.4, 0.5) is 16.0 Å². The van der Waals surface area contributed by atoms with E-state index in [1.807, 2.05) is 32.1 Å². The van der Waals surface area contributed by atoms with E-state index in [0.29, 0.717) is 18.2 Å². The highest BCUT2D eigenvalue weighted by Gasteiger charge is 2.07. The molecule has 5 nitrogen and oxygen atoms in total. The predicted octanol–water partition coefficient (Wildman–Crippen LogP) is 2.74. The second-order valence-electron chi connectivity index (χ2n) is 6.15. The van der Waals surface area contributed by atoms with Crippen LogP contribution >= 0.6 is 0 Å². The fraction of sp³-hybridized carbons (Fsp3) is 0.0500. The monoisotopic (exact) mass is 358 g/mol. The molecule has 0 aliphatic carbocycles. The molecule has 4 rings (SSSR count). The summed E-state index contributed by atoms with van der Waals surface area (Å²) in [5.74, 6) is 0.843. The number of benzene rings is 2. The van der Waals surface area contributed by atoms with Crippen LogP contribution in [-0.2, 0) is 6.61 Å². The second-order valence-corrected chi connectivity index (χ2v) is 6.15. The first-order chi connectivity index (χ1) is 13.2. The molecule has 27 heavy (non-hydrogen) atoms. The minimum Gasteiger partial charge on any atom is -0.489 e. The summed E-state index contributed by atoms with van der Waals surface area (Å²) in [6, 6.07) is 13.9. The Morgan fingerprint density at radius 2 is 1.93 bits per heavy atom.